The van der Waals surface area contributed by atoms with Crippen LogP contribution < -0.4 is 4.90 Å². The minimum atomic E-state index is 0.506. The minimum absolute atomic E-state index is 0.506. The fraction of sp³-hybridized carbons (Fsp3) is 0.267. The van der Waals surface area contributed by atoms with Crippen molar-refractivity contribution in [2.75, 3.05) is 31.1 Å². The first kappa shape index (κ1) is 20.5. The molecule has 166 valence electrons. The van der Waals surface area contributed by atoms with Crippen molar-refractivity contribution in [2.45, 2.75) is 25.7 Å². The van der Waals surface area contributed by atoms with Crippen LogP contribution in [-0.4, -0.2) is 42.0 Å². The Bertz CT molecular complexity index is 1240. The normalized spacial score (nSPS) is 19.2. The van der Waals surface area contributed by atoms with E-state index in [0.29, 0.717) is 6.04 Å². The maximum atomic E-state index is 2.68. The van der Waals surface area contributed by atoms with Gasteiger partial charge in [0.05, 0.1) is 6.04 Å². The van der Waals surface area contributed by atoms with Crippen LogP contribution in [0.15, 0.2) is 97.1 Å². The van der Waals surface area contributed by atoms with Crippen molar-refractivity contribution in [1.82, 2.24) is 9.80 Å². The lowest BCUT2D eigenvalue weighted by molar-refractivity contribution is 0.173. The third-order valence-corrected chi connectivity index (χ3v) is 7.20. The first-order chi connectivity index (χ1) is 16.3. The highest BCUT2D eigenvalue weighted by Gasteiger charge is 2.32. The molecule has 6 rings (SSSR count). The molecule has 0 radical (unpaired) electrons. The van der Waals surface area contributed by atoms with Crippen molar-refractivity contribution >= 4 is 16.5 Å². The van der Waals surface area contributed by atoms with Crippen LogP contribution in [0.4, 0.5) is 5.69 Å². The molecule has 33 heavy (non-hydrogen) atoms. The van der Waals surface area contributed by atoms with Crippen LogP contribution in [0.5, 0.6) is 0 Å². The highest BCUT2D eigenvalue weighted by molar-refractivity contribution is 5.83. The van der Waals surface area contributed by atoms with Gasteiger partial charge in [-0.05, 0) is 39.6 Å². The number of hydrogen-bond donors (Lipinski definition) is 0. The van der Waals surface area contributed by atoms with E-state index < -0.39 is 0 Å². The molecule has 1 unspecified atom stereocenters. The van der Waals surface area contributed by atoms with Crippen molar-refractivity contribution in [3.05, 3.63) is 114 Å². The molecule has 0 spiro atoms. The Balaban J connectivity index is 1.25. The summed E-state index contributed by atoms with van der Waals surface area (Å²) in [6.07, 6.45) is 0. The van der Waals surface area contributed by atoms with E-state index in [-0.39, 0.29) is 0 Å². The molecule has 4 aromatic rings. The molecule has 4 aromatic carbocycles. The zero-order valence-corrected chi connectivity index (χ0v) is 19.1. The molecule has 3 nitrogen and oxygen atoms in total. The quantitative estimate of drug-likeness (QED) is 0.418. The molecule has 0 saturated carbocycles. The molecule has 2 aliphatic rings. The van der Waals surface area contributed by atoms with Crippen LogP contribution in [0, 0.1) is 0 Å². The summed E-state index contributed by atoms with van der Waals surface area (Å²) in [6, 6.07) is 36.1. The van der Waals surface area contributed by atoms with Crippen LogP contribution in [0.1, 0.15) is 16.7 Å². The summed E-state index contributed by atoms with van der Waals surface area (Å²) in [5.41, 5.74) is 5.70. The van der Waals surface area contributed by atoms with Crippen molar-refractivity contribution in [3.63, 3.8) is 0 Å². The van der Waals surface area contributed by atoms with Gasteiger partial charge in [0.1, 0.15) is 0 Å². The molecule has 1 atom stereocenters. The Hall–Kier alpha value is -3.14. The second-order valence-corrected chi connectivity index (χ2v) is 9.55. The van der Waals surface area contributed by atoms with Crippen LogP contribution in [0.3, 0.4) is 0 Å². The van der Waals surface area contributed by atoms with Crippen LogP contribution in [0.2, 0.25) is 0 Å². The molecule has 0 aliphatic carbocycles. The van der Waals surface area contributed by atoms with Crippen molar-refractivity contribution in [1.29, 1.82) is 0 Å². The number of anilines is 1. The fourth-order valence-corrected chi connectivity index (χ4v) is 5.62. The summed E-state index contributed by atoms with van der Waals surface area (Å²) in [6.45, 7) is 7.45. The summed E-state index contributed by atoms with van der Waals surface area (Å²) in [5.74, 6) is 0. The van der Waals surface area contributed by atoms with E-state index in [0.717, 1.165) is 45.8 Å². The van der Waals surface area contributed by atoms with Gasteiger partial charge in [-0.15, -0.1) is 0 Å². The van der Waals surface area contributed by atoms with Crippen LogP contribution in [0.25, 0.3) is 10.8 Å². The lowest BCUT2D eigenvalue weighted by Gasteiger charge is -2.43. The van der Waals surface area contributed by atoms with Gasteiger partial charge in [-0.2, -0.15) is 0 Å². The van der Waals surface area contributed by atoms with Gasteiger partial charge >= 0.3 is 0 Å². The summed E-state index contributed by atoms with van der Waals surface area (Å²) in [4.78, 5) is 7.97. The van der Waals surface area contributed by atoms with Crippen molar-refractivity contribution in [2.24, 2.45) is 0 Å². The largest absolute Gasteiger partial charge is 0.364 e. The Morgan fingerprint density at radius 1 is 0.606 bits per heavy atom. The molecule has 1 fully saturated rings. The zero-order chi connectivity index (χ0) is 22.0. The standard InChI is InChI=1S/C30H31N3/c1-2-8-24(9-3-1)19-31-16-17-33-29(22-31)23-32(21-28-12-6-7-13-30(28)33)20-25-14-15-26-10-4-5-11-27(26)18-25/h1-15,18,29H,16-17,19-23H2. The number of fused-ring (bicyclic) bond motifs is 4. The van der Waals surface area contributed by atoms with E-state index in [9.17, 15) is 0 Å². The Kier molecular flexibility index (Phi) is 5.59. The molecule has 2 aliphatic heterocycles. The molecule has 0 amide bonds. The van der Waals surface area contributed by atoms with E-state index >= 15 is 0 Å². The Labute approximate surface area is 196 Å². The summed E-state index contributed by atoms with van der Waals surface area (Å²) in [7, 11) is 0. The highest BCUT2D eigenvalue weighted by Crippen LogP contribution is 2.31. The minimum Gasteiger partial charge on any atom is -0.364 e. The molecular formula is C30H31N3. The molecule has 0 N–H and O–H groups in total. The van der Waals surface area contributed by atoms with Gasteiger partial charge in [0, 0.05) is 51.5 Å². The number of para-hydroxylation sites is 1. The molecule has 1 saturated heterocycles. The highest BCUT2D eigenvalue weighted by atomic mass is 15.3. The average Bonchev–Trinajstić information content (AvgIpc) is 3.00. The molecular weight excluding hydrogens is 402 g/mol. The van der Waals surface area contributed by atoms with Crippen LogP contribution >= 0.6 is 0 Å². The van der Waals surface area contributed by atoms with Gasteiger partial charge in [-0.25, -0.2) is 0 Å². The lowest BCUT2D eigenvalue weighted by atomic mass is 10.1. The third kappa shape index (κ3) is 4.39. The van der Waals surface area contributed by atoms with Crippen molar-refractivity contribution < 1.29 is 0 Å². The van der Waals surface area contributed by atoms with Gasteiger partial charge in [0.25, 0.3) is 0 Å². The van der Waals surface area contributed by atoms with Gasteiger partial charge in [0.15, 0.2) is 0 Å². The Morgan fingerprint density at radius 3 is 2.24 bits per heavy atom. The first-order valence-corrected chi connectivity index (χ1v) is 12.1. The topological polar surface area (TPSA) is 9.72 Å². The number of rotatable bonds is 4. The third-order valence-electron chi connectivity index (χ3n) is 7.20. The average molecular weight is 434 g/mol. The predicted octanol–water partition coefficient (Wildman–Crippen LogP) is 5.55. The van der Waals surface area contributed by atoms with E-state index in [1.54, 1.807) is 0 Å². The van der Waals surface area contributed by atoms with Gasteiger partial charge in [-0.3, -0.25) is 9.80 Å². The molecule has 3 heteroatoms. The van der Waals surface area contributed by atoms with E-state index in [2.05, 4.69) is 112 Å². The maximum Gasteiger partial charge on any atom is 0.0545 e. The van der Waals surface area contributed by atoms with Crippen molar-refractivity contribution in [3.8, 4) is 0 Å². The fourth-order valence-electron chi connectivity index (χ4n) is 5.62. The first-order valence-electron chi connectivity index (χ1n) is 12.1. The monoisotopic (exact) mass is 433 g/mol. The van der Waals surface area contributed by atoms with E-state index in [4.69, 9.17) is 0 Å². The number of piperazine rings is 1. The molecule has 0 bridgehead atoms. The van der Waals surface area contributed by atoms with Gasteiger partial charge in [0.2, 0.25) is 0 Å². The van der Waals surface area contributed by atoms with E-state index in [1.165, 1.54) is 33.2 Å². The van der Waals surface area contributed by atoms with Crippen LogP contribution in [-0.2, 0) is 19.6 Å². The summed E-state index contributed by atoms with van der Waals surface area (Å²) in [5, 5.41) is 2.65. The lowest BCUT2D eigenvalue weighted by Crippen LogP contribution is -2.55. The second-order valence-electron chi connectivity index (χ2n) is 9.55. The molecule has 0 aromatic heterocycles. The maximum absolute atomic E-state index is 2.68. The number of hydrogen-bond acceptors (Lipinski definition) is 3. The summed E-state index contributed by atoms with van der Waals surface area (Å²) < 4.78 is 0. The SMILES string of the molecule is c1ccc(CN2CCN3c4ccccc4CN(Cc4ccc5ccccc5c4)CC3C2)cc1. The second kappa shape index (κ2) is 9.01. The Morgan fingerprint density at radius 2 is 1.33 bits per heavy atom. The summed E-state index contributed by atoms with van der Waals surface area (Å²) >= 11 is 0. The smallest absolute Gasteiger partial charge is 0.0545 e. The van der Waals surface area contributed by atoms with Gasteiger partial charge in [-0.1, -0.05) is 84.9 Å². The zero-order valence-electron chi connectivity index (χ0n) is 19.1. The number of nitrogens with zero attached hydrogens (tertiary/aromatic N) is 3. The molecule has 2 heterocycles. The number of benzene rings is 4. The predicted molar refractivity (Wildman–Crippen MR) is 137 cm³/mol. The van der Waals surface area contributed by atoms with E-state index in [1.807, 2.05) is 0 Å². The van der Waals surface area contributed by atoms with Gasteiger partial charge < -0.3 is 4.90 Å².